The van der Waals surface area contributed by atoms with Crippen LogP contribution >= 0.6 is 11.8 Å². The number of benzene rings is 1. The minimum absolute atomic E-state index is 0.220. The zero-order valence-corrected chi connectivity index (χ0v) is 15.2. The number of carbonyl (C=O) groups is 1. The van der Waals surface area contributed by atoms with E-state index in [1.54, 1.807) is 4.90 Å². The molecule has 1 heterocycles. The van der Waals surface area contributed by atoms with E-state index >= 15 is 0 Å². The number of nitrogens with zero attached hydrogens (tertiary/aromatic N) is 2. The fraction of sp³-hybridized carbons (Fsp3) is 0.533. The van der Waals surface area contributed by atoms with Gasteiger partial charge in [-0.2, -0.15) is 16.1 Å². The average Bonchev–Trinajstić information content (AvgIpc) is 2.74. The number of thioether (sulfide) groups is 1. The van der Waals surface area contributed by atoms with Gasteiger partial charge in [0.15, 0.2) is 0 Å². The summed E-state index contributed by atoms with van der Waals surface area (Å²) in [7, 11) is -2.07. The lowest BCUT2D eigenvalue weighted by Crippen LogP contribution is -2.41. The van der Waals surface area contributed by atoms with E-state index in [9.17, 15) is 22.0 Å². The Hall–Kier alpha value is -1.19. The molecule has 1 aromatic carbocycles. The van der Waals surface area contributed by atoms with Gasteiger partial charge in [-0.3, -0.25) is 4.79 Å². The third kappa shape index (κ3) is 4.90. The third-order valence-corrected chi connectivity index (χ3v) is 6.49. The van der Waals surface area contributed by atoms with Crippen LogP contribution in [0.25, 0.3) is 0 Å². The Labute approximate surface area is 145 Å². The highest BCUT2D eigenvalue weighted by molar-refractivity contribution is 7.99. The van der Waals surface area contributed by atoms with Crippen LogP contribution in [0.15, 0.2) is 18.2 Å². The minimum Gasteiger partial charge on any atom is -0.341 e. The summed E-state index contributed by atoms with van der Waals surface area (Å²) >= 11 is 1.47. The fourth-order valence-electron chi connectivity index (χ4n) is 2.44. The highest BCUT2D eigenvalue weighted by Crippen LogP contribution is 2.36. The van der Waals surface area contributed by atoms with Crippen molar-refractivity contribution in [3.63, 3.8) is 0 Å². The SMILES string of the molecule is CN(CC(=O)N1CCS[C@@H](c2cc(F)ccc2F)CC1)S(C)(=O)=O. The summed E-state index contributed by atoms with van der Waals surface area (Å²) in [5, 5.41) is -0.230. The van der Waals surface area contributed by atoms with E-state index in [0.717, 1.165) is 22.7 Å². The van der Waals surface area contributed by atoms with Crippen molar-refractivity contribution in [3.8, 4) is 0 Å². The molecule has 1 aliphatic heterocycles. The molecule has 24 heavy (non-hydrogen) atoms. The Kier molecular flexibility index (Phi) is 6.22. The summed E-state index contributed by atoms with van der Waals surface area (Å²) in [6.07, 6.45) is 1.53. The summed E-state index contributed by atoms with van der Waals surface area (Å²) in [4.78, 5) is 13.8. The highest BCUT2D eigenvalue weighted by atomic mass is 32.2. The number of hydrogen-bond donors (Lipinski definition) is 0. The summed E-state index contributed by atoms with van der Waals surface area (Å²) in [5.74, 6) is -0.650. The van der Waals surface area contributed by atoms with Crippen molar-refractivity contribution >= 4 is 27.7 Å². The number of halogens is 2. The number of likely N-dealkylation sites (N-methyl/N-ethyl adjacent to an activating group) is 1. The number of carbonyl (C=O) groups excluding carboxylic acids is 1. The molecule has 1 fully saturated rings. The van der Waals surface area contributed by atoms with Crippen molar-refractivity contribution < 1.29 is 22.0 Å². The van der Waals surface area contributed by atoms with Crippen LogP contribution < -0.4 is 0 Å². The van der Waals surface area contributed by atoms with Gasteiger partial charge in [-0.25, -0.2) is 17.2 Å². The number of sulfonamides is 1. The Morgan fingerprint density at radius 2 is 2.08 bits per heavy atom. The maximum atomic E-state index is 13.9. The van der Waals surface area contributed by atoms with Crippen LogP contribution in [0.2, 0.25) is 0 Å². The Morgan fingerprint density at radius 3 is 2.75 bits per heavy atom. The van der Waals surface area contributed by atoms with Gasteiger partial charge >= 0.3 is 0 Å². The molecule has 0 spiro atoms. The van der Waals surface area contributed by atoms with Crippen LogP contribution in [-0.2, 0) is 14.8 Å². The average molecular weight is 378 g/mol. The van der Waals surface area contributed by atoms with Crippen molar-refractivity contribution in [2.24, 2.45) is 0 Å². The van der Waals surface area contributed by atoms with Crippen LogP contribution in [0, 0.1) is 11.6 Å². The minimum atomic E-state index is -3.42. The molecule has 0 unspecified atom stereocenters. The number of amides is 1. The van der Waals surface area contributed by atoms with E-state index < -0.39 is 21.7 Å². The van der Waals surface area contributed by atoms with Gasteiger partial charge in [-0.1, -0.05) is 0 Å². The molecule has 5 nitrogen and oxygen atoms in total. The normalized spacial score (nSPS) is 19.4. The summed E-state index contributed by atoms with van der Waals surface area (Å²) in [6.45, 7) is 0.612. The zero-order valence-electron chi connectivity index (χ0n) is 13.5. The van der Waals surface area contributed by atoms with E-state index in [1.807, 2.05) is 0 Å². The first-order chi connectivity index (χ1) is 11.2. The van der Waals surface area contributed by atoms with Crippen LogP contribution in [0.4, 0.5) is 8.78 Å². The van der Waals surface area contributed by atoms with Gasteiger partial charge < -0.3 is 4.90 Å². The molecule has 9 heteroatoms. The topological polar surface area (TPSA) is 57.7 Å². The van der Waals surface area contributed by atoms with Crippen molar-refractivity contribution in [2.75, 3.05) is 38.7 Å². The quantitative estimate of drug-likeness (QED) is 0.803. The molecule has 2 rings (SSSR count). The number of hydrogen-bond acceptors (Lipinski definition) is 4. The van der Waals surface area contributed by atoms with Crippen LogP contribution in [-0.4, -0.2) is 62.2 Å². The first-order valence-electron chi connectivity index (χ1n) is 7.44. The fourth-order valence-corrected chi connectivity index (χ4v) is 4.02. The summed E-state index contributed by atoms with van der Waals surface area (Å²) in [6, 6.07) is 3.39. The monoisotopic (exact) mass is 378 g/mol. The molecule has 1 atom stereocenters. The standard InChI is InChI=1S/C15H20F2N2O3S2/c1-18(24(2,21)22)10-15(20)19-6-5-14(23-8-7-19)12-9-11(16)3-4-13(12)17/h3-4,9,14H,5-8,10H2,1-2H3/t14-/m1/s1. The first-order valence-corrected chi connectivity index (χ1v) is 10.3. The van der Waals surface area contributed by atoms with E-state index in [0.29, 0.717) is 30.8 Å². The Balaban J connectivity index is 2.02. The molecule has 134 valence electrons. The number of rotatable bonds is 4. The lowest BCUT2D eigenvalue weighted by molar-refractivity contribution is -0.130. The predicted molar refractivity (Wildman–Crippen MR) is 90.2 cm³/mol. The zero-order chi connectivity index (χ0) is 17.9. The van der Waals surface area contributed by atoms with E-state index in [1.165, 1.54) is 24.9 Å². The van der Waals surface area contributed by atoms with Gasteiger partial charge in [-0.15, -0.1) is 0 Å². The van der Waals surface area contributed by atoms with Crippen molar-refractivity contribution in [3.05, 3.63) is 35.4 Å². The lowest BCUT2D eigenvalue weighted by Gasteiger charge is -2.23. The second kappa shape index (κ2) is 7.79. The predicted octanol–water partition coefficient (Wildman–Crippen LogP) is 1.86. The van der Waals surface area contributed by atoms with Crippen molar-refractivity contribution in [1.82, 2.24) is 9.21 Å². The molecule has 1 amide bonds. The Morgan fingerprint density at radius 1 is 1.38 bits per heavy atom. The van der Waals surface area contributed by atoms with Gasteiger partial charge in [0.05, 0.1) is 12.8 Å². The largest absolute Gasteiger partial charge is 0.341 e. The molecule has 1 aromatic rings. The molecule has 1 aliphatic rings. The smallest absolute Gasteiger partial charge is 0.237 e. The van der Waals surface area contributed by atoms with Crippen LogP contribution in [0.5, 0.6) is 0 Å². The second-order valence-electron chi connectivity index (χ2n) is 5.71. The van der Waals surface area contributed by atoms with Crippen molar-refractivity contribution in [1.29, 1.82) is 0 Å². The van der Waals surface area contributed by atoms with Gasteiger partial charge in [0.1, 0.15) is 11.6 Å². The molecule has 0 saturated carbocycles. The van der Waals surface area contributed by atoms with Gasteiger partial charge in [0, 0.05) is 36.7 Å². The summed E-state index contributed by atoms with van der Waals surface area (Å²) < 4.78 is 51.1. The molecule has 1 saturated heterocycles. The van der Waals surface area contributed by atoms with Gasteiger partial charge in [-0.05, 0) is 24.6 Å². The van der Waals surface area contributed by atoms with Gasteiger partial charge in [0.2, 0.25) is 15.9 Å². The van der Waals surface area contributed by atoms with Gasteiger partial charge in [0.25, 0.3) is 0 Å². The summed E-state index contributed by atoms with van der Waals surface area (Å²) in [5.41, 5.74) is 0.308. The highest BCUT2D eigenvalue weighted by Gasteiger charge is 2.26. The molecule has 0 N–H and O–H groups in total. The molecular formula is C15H20F2N2O3S2. The van der Waals surface area contributed by atoms with E-state index in [-0.39, 0.29) is 17.7 Å². The maximum Gasteiger partial charge on any atom is 0.237 e. The molecule has 0 radical (unpaired) electrons. The van der Waals surface area contributed by atoms with Crippen molar-refractivity contribution in [2.45, 2.75) is 11.7 Å². The molecule has 0 aliphatic carbocycles. The second-order valence-corrected chi connectivity index (χ2v) is 9.11. The van der Waals surface area contributed by atoms with Crippen LogP contribution in [0.1, 0.15) is 17.2 Å². The molecule has 0 aromatic heterocycles. The third-order valence-electron chi connectivity index (χ3n) is 3.92. The first kappa shape index (κ1) is 19.1. The molecular weight excluding hydrogens is 358 g/mol. The lowest BCUT2D eigenvalue weighted by atomic mass is 10.1. The Bertz CT molecular complexity index is 713. The van der Waals surface area contributed by atoms with E-state index in [2.05, 4.69) is 0 Å². The maximum absolute atomic E-state index is 13.9. The van der Waals surface area contributed by atoms with Crippen LogP contribution in [0.3, 0.4) is 0 Å². The molecule has 0 bridgehead atoms. The van der Waals surface area contributed by atoms with E-state index in [4.69, 9.17) is 0 Å².